The van der Waals surface area contributed by atoms with Gasteiger partial charge in [0.15, 0.2) is 0 Å². The molecule has 0 radical (unpaired) electrons. The third-order valence-electron chi connectivity index (χ3n) is 4.96. The Hall–Kier alpha value is -1.16. The molecule has 2 atom stereocenters. The summed E-state index contributed by atoms with van der Waals surface area (Å²) in [6.07, 6.45) is 3.39. The second kappa shape index (κ2) is 4.94. The van der Waals surface area contributed by atoms with Crippen LogP contribution in [0, 0.1) is 10.8 Å². The van der Waals surface area contributed by atoms with Crippen LogP contribution in [0.15, 0.2) is 28.7 Å². The lowest BCUT2D eigenvalue weighted by atomic mass is 9.65. The number of carbonyl (C=O) groups is 2. The molecular formula is C17H20BrNO2. The van der Waals surface area contributed by atoms with Gasteiger partial charge in [0.1, 0.15) is 0 Å². The fourth-order valence-electron chi connectivity index (χ4n) is 4.26. The summed E-state index contributed by atoms with van der Waals surface area (Å²) >= 11 is 3.48. The smallest absolute Gasteiger partial charge is 0.234 e. The third kappa shape index (κ3) is 2.66. The summed E-state index contributed by atoms with van der Waals surface area (Å²) in [5.74, 6) is -0.486. The molecule has 0 aromatic heterocycles. The summed E-state index contributed by atoms with van der Waals surface area (Å²) in [5, 5.41) is 2.53. The molecule has 1 aromatic rings. The first kappa shape index (κ1) is 14.8. The molecule has 2 fully saturated rings. The highest BCUT2D eigenvalue weighted by Gasteiger charge is 2.54. The molecule has 1 aromatic carbocycles. The van der Waals surface area contributed by atoms with E-state index in [0.29, 0.717) is 6.42 Å². The number of amides is 2. The van der Waals surface area contributed by atoms with E-state index in [2.05, 4.69) is 35.1 Å². The monoisotopic (exact) mass is 349 g/mol. The summed E-state index contributed by atoms with van der Waals surface area (Å²) in [4.78, 5) is 24.5. The summed E-state index contributed by atoms with van der Waals surface area (Å²) in [7, 11) is 0. The molecule has 1 N–H and O–H groups in total. The highest BCUT2D eigenvalue weighted by molar-refractivity contribution is 9.10. The van der Waals surface area contributed by atoms with E-state index in [4.69, 9.17) is 0 Å². The van der Waals surface area contributed by atoms with Gasteiger partial charge in [-0.05, 0) is 47.8 Å². The molecule has 1 spiro atoms. The van der Waals surface area contributed by atoms with Crippen LogP contribution in [-0.2, 0) is 9.59 Å². The Labute approximate surface area is 133 Å². The van der Waals surface area contributed by atoms with Gasteiger partial charge in [0.25, 0.3) is 0 Å². The highest BCUT2D eigenvalue weighted by Crippen LogP contribution is 2.59. The highest BCUT2D eigenvalue weighted by atomic mass is 79.9. The van der Waals surface area contributed by atoms with Crippen molar-refractivity contribution in [2.75, 3.05) is 0 Å². The second-order valence-corrected chi connectivity index (χ2v) is 8.20. The molecule has 21 heavy (non-hydrogen) atoms. The molecule has 3 nitrogen and oxygen atoms in total. The van der Waals surface area contributed by atoms with E-state index in [1.807, 2.05) is 24.3 Å². The average molecular weight is 350 g/mol. The Morgan fingerprint density at radius 1 is 1.24 bits per heavy atom. The molecule has 3 rings (SSSR count). The van der Waals surface area contributed by atoms with Crippen LogP contribution >= 0.6 is 15.9 Å². The molecule has 112 valence electrons. The van der Waals surface area contributed by atoms with Crippen molar-refractivity contribution < 1.29 is 9.59 Å². The third-order valence-corrected chi connectivity index (χ3v) is 5.46. The minimum absolute atomic E-state index is 0.121. The normalized spacial score (nSPS) is 31.5. The van der Waals surface area contributed by atoms with Crippen LogP contribution in [0.25, 0.3) is 0 Å². The standard InChI is InChI=1S/C17H20BrNO2/c1-16(2)6-7-17(10-16)9-13(20)19-15(21)14(17)11-4-3-5-12(18)8-11/h3-5,8,14H,6-7,9-10H2,1-2H3,(H,19,20,21). The van der Waals surface area contributed by atoms with Gasteiger partial charge in [-0.3, -0.25) is 14.9 Å². The van der Waals surface area contributed by atoms with Gasteiger partial charge in [0.2, 0.25) is 11.8 Å². The topological polar surface area (TPSA) is 46.2 Å². The molecule has 4 heteroatoms. The molecular weight excluding hydrogens is 330 g/mol. The van der Waals surface area contributed by atoms with Crippen molar-refractivity contribution in [3.63, 3.8) is 0 Å². The SMILES string of the molecule is CC1(C)CCC2(CC(=O)NC(=O)C2c2cccc(Br)c2)C1. The quantitative estimate of drug-likeness (QED) is 0.784. The van der Waals surface area contributed by atoms with Gasteiger partial charge in [-0.1, -0.05) is 41.9 Å². The van der Waals surface area contributed by atoms with Gasteiger partial charge in [0.05, 0.1) is 5.92 Å². The van der Waals surface area contributed by atoms with Crippen LogP contribution in [-0.4, -0.2) is 11.8 Å². The van der Waals surface area contributed by atoms with Crippen molar-refractivity contribution in [3.05, 3.63) is 34.3 Å². The van der Waals surface area contributed by atoms with Crippen LogP contribution < -0.4 is 5.32 Å². The van der Waals surface area contributed by atoms with Gasteiger partial charge in [-0.25, -0.2) is 0 Å². The fourth-order valence-corrected chi connectivity index (χ4v) is 4.68. The number of carbonyl (C=O) groups excluding carboxylic acids is 2. The lowest BCUT2D eigenvalue weighted by molar-refractivity contribution is -0.140. The van der Waals surface area contributed by atoms with E-state index in [1.165, 1.54) is 0 Å². The number of benzene rings is 1. The summed E-state index contributed by atoms with van der Waals surface area (Å²) in [6, 6.07) is 7.92. The minimum atomic E-state index is -0.227. The first-order valence-corrected chi connectivity index (χ1v) is 8.20. The number of piperidine rings is 1. The summed E-state index contributed by atoms with van der Waals surface area (Å²) < 4.78 is 0.970. The maximum Gasteiger partial charge on any atom is 0.234 e. The van der Waals surface area contributed by atoms with Crippen molar-refractivity contribution in [3.8, 4) is 0 Å². The Balaban J connectivity index is 2.06. The van der Waals surface area contributed by atoms with Crippen molar-refractivity contribution in [1.29, 1.82) is 0 Å². The van der Waals surface area contributed by atoms with Crippen molar-refractivity contribution in [2.45, 2.75) is 45.4 Å². The van der Waals surface area contributed by atoms with Crippen LogP contribution in [0.2, 0.25) is 0 Å². The Kier molecular flexibility index (Phi) is 3.47. The average Bonchev–Trinajstić information content (AvgIpc) is 2.64. The molecule has 1 saturated heterocycles. The van der Waals surface area contributed by atoms with Gasteiger partial charge in [0, 0.05) is 10.9 Å². The van der Waals surface area contributed by atoms with E-state index >= 15 is 0 Å². The number of hydrogen-bond acceptors (Lipinski definition) is 2. The van der Waals surface area contributed by atoms with Gasteiger partial charge < -0.3 is 0 Å². The Morgan fingerprint density at radius 2 is 2.00 bits per heavy atom. The van der Waals surface area contributed by atoms with E-state index in [1.54, 1.807) is 0 Å². The molecule has 1 saturated carbocycles. The lowest BCUT2D eigenvalue weighted by Gasteiger charge is -2.41. The van der Waals surface area contributed by atoms with Crippen molar-refractivity contribution in [2.24, 2.45) is 10.8 Å². The Morgan fingerprint density at radius 3 is 2.62 bits per heavy atom. The van der Waals surface area contributed by atoms with E-state index in [0.717, 1.165) is 29.3 Å². The zero-order valence-corrected chi connectivity index (χ0v) is 14.0. The predicted molar refractivity (Wildman–Crippen MR) is 84.7 cm³/mol. The van der Waals surface area contributed by atoms with Crippen LogP contribution in [0.4, 0.5) is 0 Å². The van der Waals surface area contributed by atoms with E-state index < -0.39 is 0 Å². The minimum Gasteiger partial charge on any atom is -0.296 e. The number of imide groups is 1. The Bertz CT molecular complexity index is 611. The van der Waals surface area contributed by atoms with Crippen LogP contribution in [0.5, 0.6) is 0 Å². The predicted octanol–water partition coefficient (Wildman–Crippen LogP) is 3.78. The number of nitrogens with one attached hydrogen (secondary N) is 1. The first-order valence-electron chi connectivity index (χ1n) is 7.41. The van der Waals surface area contributed by atoms with E-state index in [9.17, 15) is 9.59 Å². The van der Waals surface area contributed by atoms with Gasteiger partial charge >= 0.3 is 0 Å². The molecule has 2 amide bonds. The van der Waals surface area contributed by atoms with Crippen molar-refractivity contribution in [1.82, 2.24) is 5.32 Å². The fraction of sp³-hybridized carbons (Fsp3) is 0.529. The maximum absolute atomic E-state index is 12.5. The number of halogens is 1. The number of hydrogen-bond donors (Lipinski definition) is 1. The summed E-state index contributed by atoms with van der Waals surface area (Å²) in [5.41, 5.74) is 0.985. The second-order valence-electron chi connectivity index (χ2n) is 7.28. The van der Waals surface area contributed by atoms with Crippen LogP contribution in [0.3, 0.4) is 0 Å². The molecule has 2 aliphatic rings. The first-order chi connectivity index (χ1) is 9.81. The van der Waals surface area contributed by atoms with Gasteiger partial charge in [-0.15, -0.1) is 0 Å². The summed E-state index contributed by atoms with van der Waals surface area (Å²) in [6.45, 7) is 4.47. The molecule has 0 bridgehead atoms. The molecule has 1 aliphatic carbocycles. The molecule has 2 unspecified atom stereocenters. The van der Waals surface area contributed by atoms with E-state index in [-0.39, 0.29) is 28.6 Å². The lowest BCUT2D eigenvalue weighted by Crippen LogP contribution is -2.50. The van der Waals surface area contributed by atoms with Crippen molar-refractivity contribution >= 4 is 27.7 Å². The number of rotatable bonds is 1. The molecule has 1 aliphatic heterocycles. The molecule has 1 heterocycles. The largest absolute Gasteiger partial charge is 0.296 e. The zero-order chi connectivity index (χ0) is 15.3. The van der Waals surface area contributed by atoms with Gasteiger partial charge in [-0.2, -0.15) is 0 Å². The van der Waals surface area contributed by atoms with Crippen LogP contribution in [0.1, 0.15) is 51.0 Å². The zero-order valence-electron chi connectivity index (χ0n) is 12.4. The maximum atomic E-state index is 12.5.